The zero-order valence-corrected chi connectivity index (χ0v) is 20.6. The molecule has 0 bridgehead atoms. The largest absolute Gasteiger partial charge is 0.454 e. The van der Waals surface area contributed by atoms with E-state index in [1.54, 1.807) is 18.5 Å². The van der Waals surface area contributed by atoms with Gasteiger partial charge in [0.25, 0.3) is 5.91 Å². The maximum Gasteiger partial charge on any atom is 0.273 e. The lowest BCUT2D eigenvalue weighted by atomic mass is 10.1. The van der Waals surface area contributed by atoms with Gasteiger partial charge in [0.2, 0.25) is 12.7 Å². The first-order chi connectivity index (χ1) is 17.5. The first-order valence-corrected chi connectivity index (χ1v) is 12.0. The van der Waals surface area contributed by atoms with Crippen molar-refractivity contribution in [2.45, 2.75) is 26.2 Å². The Labute approximate surface area is 217 Å². The minimum absolute atomic E-state index is 0.211. The van der Waals surface area contributed by atoms with Crippen LogP contribution in [-0.4, -0.2) is 27.6 Å². The summed E-state index contributed by atoms with van der Waals surface area (Å²) < 4.78 is 16.6. The second-order valence-corrected chi connectivity index (χ2v) is 9.00. The number of nitrogens with zero attached hydrogens (tertiary/aromatic N) is 3. The normalized spacial score (nSPS) is 12.2. The van der Waals surface area contributed by atoms with Crippen LogP contribution in [0.3, 0.4) is 0 Å². The van der Waals surface area contributed by atoms with Crippen LogP contribution < -0.4 is 14.8 Å². The third-order valence-corrected chi connectivity index (χ3v) is 6.47. The van der Waals surface area contributed by atoms with E-state index in [1.807, 2.05) is 42.5 Å². The van der Waals surface area contributed by atoms with Gasteiger partial charge >= 0.3 is 0 Å². The standard InChI is InChI=1S/C26H22Cl2N4O4/c27-20-3-1-2-19(25(20)28)13-32(12-18-4-5-22-23(10-18)36-16-35-22)14-24-31-21(15-34-24)26(33)30-11-17-6-8-29-9-7-17/h1-10,15H,11-14,16H2,(H,30,33). The molecular formula is C26H22Cl2N4O4. The van der Waals surface area contributed by atoms with Crippen LogP contribution in [0.1, 0.15) is 33.1 Å². The van der Waals surface area contributed by atoms with Crippen molar-refractivity contribution >= 4 is 29.1 Å². The Morgan fingerprint density at radius 1 is 0.972 bits per heavy atom. The molecule has 0 saturated heterocycles. The van der Waals surface area contributed by atoms with E-state index >= 15 is 0 Å². The van der Waals surface area contributed by atoms with Crippen LogP contribution in [-0.2, 0) is 26.2 Å². The molecule has 1 N–H and O–H groups in total. The Bertz CT molecular complexity index is 1360. The lowest BCUT2D eigenvalue weighted by Gasteiger charge is -2.22. The van der Waals surface area contributed by atoms with Gasteiger partial charge in [-0.1, -0.05) is 41.4 Å². The average Bonchev–Trinajstić information content (AvgIpc) is 3.55. The molecular weight excluding hydrogens is 503 g/mol. The monoisotopic (exact) mass is 524 g/mol. The molecule has 184 valence electrons. The number of rotatable bonds is 9. The Kier molecular flexibility index (Phi) is 7.36. The Morgan fingerprint density at radius 3 is 2.67 bits per heavy atom. The Balaban J connectivity index is 1.31. The Hall–Kier alpha value is -3.59. The summed E-state index contributed by atoms with van der Waals surface area (Å²) in [4.78, 5) is 23.0. The van der Waals surface area contributed by atoms with Gasteiger partial charge in [0.15, 0.2) is 17.2 Å². The van der Waals surface area contributed by atoms with Crippen LogP contribution in [0.25, 0.3) is 0 Å². The van der Waals surface area contributed by atoms with Crippen molar-refractivity contribution in [1.29, 1.82) is 0 Å². The summed E-state index contributed by atoms with van der Waals surface area (Å²) in [6.45, 7) is 1.95. The van der Waals surface area contributed by atoms with Crippen LogP contribution >= 0.6 is 23.2 Å². The number of aromatic nitrogens is 2. The number of hydrogen-bond donors (Lipinski definition) is 1. The number of benzene rings is 2. The highest BCUT2D eigenvalue weighted by Gasteiger charge is 2.19. The van der Waals surface area contributed by atoms with Gasteiger partial charge in [0, 0.05) is 32.0 Å². The molecule has 4 aromatic rings. The topological polar surface area (TPSA) is 89.7 Å². The number of fused-ring (bicyclic) bond motifs is 1. The second-order valence-electron chi connectivity index (χ2n) is 8.21. The molecule has 0 aliphatic carbocycles. The number of ether oxygens (including phenoxy) is 2. The number of halogens is 2. The molecule has 5 rings (SSSR count). The molecule has 1 aliphatic rings. The fourth-order valence-corrected chi connectivity index (χ4v) is 4.21. The summed E-state index contributed by atoms with van der Waals surface area (Å²) in [6.07, 6.45) is 4.72. The van der Waals surface area contributed by atoms with Crippen molar-refractivity contribution in [3.63, 3.8) is 0 Å². The van der Waals surface area contributed by atoms with E-state index in [1.165, 1.54) is 6.26 Å². The van der Waals surface area contributed by atoms with E-state index in [9.17, 15) is 4.79 Å². The molecule has 0 spiro atoms. The molecule has 0 radical (unpaired) electrons. The minimum atomic E-state index is -0.318. The molecule has 2 aromatic carbocycles. The van der Waals surface area contributed by atoms with Gasteiger partial charge in [0.05, 0.1) is 16.6 Å². The first-order valence-electron chi connectivity index (χ1n) is 11.2. The molecule has 0 saturated carbocycles. The van der Waals surface area contributed by atoms with Gasteiger partial charge in [0.1, 0.15) is 6.26 Å². The predicted octanol–water partition coefficient (Wildman–Crippen LogP) is 5.24. The number of carbonyl (C=O) groups is 1. The average molecular weight is 525 g/mol. The van der Waals surface area contributed by atoms with Gasteiger partial charge < -0.3 is 19.2 Å². The molecule has 8 nitrogen and oxygen atoms in total. The van der Waals surface area contributed by atoms with Crippen molar-refractivity contribution in [3.05, 3.63) is 106 Å². The van der Waals surface area contributed by atoms with E-state index in [-0.39, 0.29) is 18.4 Å². The highest BCUT2D eigenvalue weighted by atomic mass is 35.5. The molecule has 1 aliphatic heterocycles. The van der Waals surface area contributed by atoms with Crippen LogP contribution in [0.4, 0.5) is 0 Å². The molecule has 1 amide bonds. The van der Waals surface area contributed by atoms with Crippen molar-refractivity contribution in [2.75, 3.05) is 6.79 Å². The molecule has 0 unspecified atom stereocenters. The number of nitrogens with one attached hydrogen (secondary N) is 1. The van der Waals surface area contributed by atoms with Gasteiger partial charge in [-0.3, -0.25) is 14.7 Å². The molecule has 0 fully saturated rings. The maximum atomic E-state index is 12.6. The Morgan fingerprint density at radius 2 is 1.81 bits per heavy atom. The van der Waals surface area contributed by atoms with Crippen LogP contribution in [0.5, 0.6) is 11.5 Å². The van der Waals surface area contributed by atoms with Crippen LogP contribution in [0.2, 0.25) is 10.0 Å². The van der Waals surface area contributed by atoms with Gasteiger partial charge in [-0.25, -0.2) is 4.98 Å². The third-order valence-electron chi connectivity index (χ3n) is 5.61. The van der Waals surface area contributed by atoms with E-state index in [4.69, 9.17) is 37.1 Å². The van der Waals surface area contributed by atoms with Crippen molar-refractivity contribution < 1.29 is 18.7 Å². The number of hydrogen-bond acceptors (Lipinski definition) is 7. The molecule has 3 heterocycles. The lowest BCUT2D eigenvalue weighted by Crippen LogP contribution is -2.24. The summed E-state index contributed by atoms with van der Waals surface area (Å²) in [5.41, 5.74) is 3.03. The predicted molar refractivity (Wildman–Crippen MR) is 134 cm³/mol. The second kappa shape index (κ2) is 11.0. The third kappa shape index (κ3) is 5.79. The van der Waals surface area contributed by atoms with Crippen molar-refractivity contribution in [3.8, 4) is 11.5 Å². The number of pyridine rings is 1. The van der Waals surface area contributed by atoms with E-state index in [0.717, 1.165) is 22.4 Å². The lowest BCUT2D eigenvalue weighted by molar-refractivity contribution is 0.0945. The maximum absolute atomic E-state index is 12.6. The quantitative estimate of drug-likeness (QED) is 0.320. The van der Waals surface area contributed by atoms with Crippen molar-refractivity contribution in [1.82, 2.24) is 20.2 Å². The minimum Gasteiger partial charge on any atom is -0.454 e. The molecule has 36 heavy (non-hydrogen) atoms. The molecule has 10 heteroatoms. The summed E-state index contributed by atoms with van der Waals surface area (Å²) in [5, 5.41) is 3.82. The van der Waals surface area contributed by atoms with Gasteiger partial charge in [-0.2, -0.15) is 0 Å². The highest BCUT2D eigenvalue weighted by molar-refractivity contribution is 6.42. The highest BCUT2D eigenvalue weighted by Crippen LogP contribution is 2.33. The van der Waals surface area contributed by atoms with Crippen LogP contribution in [0, 0.1) is 0 Å². The molecule has 2 aromatic heterocycles. The molecule has 0 atom stereocenters. The zero-order valence-electron chi connectivity index (χ0n) is 19.1. The fraction of sp³-hybridized carbons (Fsp3) is 0.192. The van der Waals surface area contributed by atoms with Crippen molar-refractivity contribution in [2.24, 2.45) is 0 Å². The number of carbonyl (C=O) groups excluding carboxylic acids is 1. The summed E-state index contributed by atoms with van der Waals surface area (Å²) in [5.74, 6) is 1.51. The number of amides is 1. The van der Waals surface area contributed by atoms with Gasteiger partial charge in [-0.15, -0.1) is 0 Å². The SMILES string of the molecule is O=C(NCc1ccncc1)c1coc(CN(Cc2ccc3c(c2)OCO3)Cc2cccc(Cl)c2Cl)n1. The van der Waals surface area contributed by atoms with Crippen LogP contribution in [0.15, 0.2) is 71.6 Å². The van der Waals surface area contributed by atoms with Gasteiger partial charge in [-0.05, 0) is 47.0 Å². The summed E-state index contributed by atoms with van der Waals surface area (Å²) in [6, 6.07) is 15.0. The summed E-state index contributed by atoms with van der Waals surface area (Å²) in [7, 11) is 0. The van der Waals surface area contributed by atoms with E-state index in [2.05, 4.69) is 20.2 Å². The van der Waals surface area contributed by atoms with E-state index in [0.29, 0.717) is 47.9 Å². The smallest absolute Gasteiger partial charge is 0.273 e. The van der Waals surface area contributed by atoms with E-state index < -0.39 is 0 Å². The zero-order chi connectivity index (χ0) is 24.9. The summed E-state index contributed by atoms with van der Waals surface area (Å²) >= 11 is 12.7. The first kappa shape index (κ1) is 24.1. The number of oxazole rings is 1. The fourth-order valence-electron chi connectivity index (χ4n) is 3.83.